The lowest BCUT2D eigenvalue weighted by Crippen LogP contribution is -2.24. The van der Waals surface area contributed by atoms with Gasteiger partial charge in [-0.3, -0.25) is 14.7 Å². The third kappa shape index (κ3) is 5.44. The van der Waals surface area contributed by atoms with Crippen LogP contribution in [-0.4, -0.2) is 28.9 Å². The first kappa shape index (κ1) is 24.1. The lowest BCUT2D eigenvalue weighted by Gasteiger charge is -2.20. The molecule has 2 heterocycles. The fourth-order valence-electron chi connectivity index (χ4n) is 4.82. The summed E-state index contributed by atoms with van der Waals surface area (Å²) < 4.78 is 28.0. The Morgan fingerprint density at radius 2 is 1.64 bits per heavy atom. The van der Waals surface area contributed by atoms with Gasteiger partial charge in [-0.05, 0) is 97.6 Å². The van der Waals surface area contributed by atoms with E-state index in [2.05, 4.69) is 21.3 Å². The summed E-state index contributed by atoms with van der Waals surface area (Å²) in [5, 5.41) is 3.86. The third-order valence-electron chi connectivity index (χ3n) is 6.83. The Morgan fingerprint density at radius 1 is 0.917 bits per heavy atom. The van der Waals surface area contributed by atoms with Crippen LogP contribution in [0.5, 0.6) is 0 Å². The van der Waals surface area contributed by atoms with Gasteiger partial charge in [-0.2, -0.15) is 0 Å². The molecule has 1 aliphatic rings. The maximum atomic E-state index is 14.8. The minimum atomic E-state index is -0.635. The van der Waals surface area contributed by atoms with Gasteiger partial charge in [-0.1, -0.05) is 31.0 Å². The van der Waals surface area contributed by atoms with E-state index in [1.165, 1.54) is 55.5 Å². The van der Waals surface area contributed by atoms with Gasteiger partial charge < -0.3 is 5.32 Å². The van der Waals surface area contributed by atoms with Crippen LogP contribution in [0.3, 0.4) is 0 Å². The summed E-state index contributed by atoms with van der Waals surface area (Å²) in [4.78, 5) is 20.0. The van der Waals surface area contributed by atoms with Crippen LogP contribution >= 0.6 is 0 Å². The van der Waals surface area contributed by atoms with E-state index in [0.29, 0.717) is 16.8 Å². The van der Waals surface area contributed by atoms with Gasteiger partial charge in [0.05, 0.1) is 11.1 Å². The molecule has 0 saturated carbocycles. The molecule has 4 aromatic rings. The summed E-state index contributed by atoms with van der Waals surface area (Å²) in [7, 11) is 0. The molecule has 1 amide bonds. The summed E-state index contributed by atoms with van der Waals surface area (Å²) in [6.07, 6.45) is 7.02. The number of fused-ring (bicyclic) bond motifs is 1. The lowest BCUT2D eigenvalue weighted by atomic mass is 10.0. The van der Waals surface area contributed by atoms with Gasteiger partial charge in [0.25, 0.3) is 5.91 Å². The second-order valence-corrected chi connectivity index (χ2v) is 9.55. The second-order valence-electron chi connectivity index (χ2n) is 9.55. The van der Waals surface area contributed by atoms with Crippen LogP contribution in [0.25, 0.3) is 22.0 Å². The number of carbonyl (C=O) groups is 1. The van der Waals surface area contributed by atoms with Gasteiger partial charge in [0.1, 0.15) is 11.6 Å². The quantitative estimate of drug-likeness (QED) is 0.327. The van der Waals surface area contributed by atoms with Crippen molar-refractivity contribution in [3.8, 4) is 11.1 Å². The normalized spacial score (nSPS) is 14.5. The van der Waals surface area contributed by atoms with Crippen molar-refractivity contribution in [2.24, 2.45) is 0 Å². The van der Waals surface area contributed by atoms with Crippen molar-refractivity contribution in [3.05, 3.63) is 95.2 Å². The Kier molecular flexibility index (Phi) is 7.05. The fraction of sp³-hybridized carbons (Fsp3) is 0.267. The number of carbonyl (C=O) groups excluding carboxylic acids is 1. The number of aromatic nitrogens is 1. The van der Waals surface area contributed by atoms with E-state index in [9.17, 15) is 13.6 Å². The van der Waals surface area contributed by atoms with Gasteiger partial charge in [0, 0.05) is 23.8 Å². The summed E-state index contributed by atoms with van der Waals surface area (Å²) in [5.74, 6) is -1.52. The average Bonchev–Trinajstić information content (AvgIpc) is 3.13. The Hall–Kier alpha value is -3.64. The molecule has 4 nitrogen and oxygen atoms in total. The van der Waals surface area contributed by atoms with Crippen molar-refractivity contribution in [1.82, 2.24) is 9.88 Å². The number of benzene rings is 3. The highest BCUT2D eigenvalue weighted by atomic mass is 19.1. The highest BCUT2D eigenvalue weighted by Crippen LogP contribution is 2.26. The van der Waals surface area contributed by atoms with Crippen molar-refractivity contribution >= 4 is 22.5 Å². The largest absolute Gasteiger partial charge is 0.322 e. The molecule has 184 valence electrons. The van der Waals surface area contributed by atoms with Crippen molar-refractivity contribution in [2.45, 2.75) is 39.2 Å². The number of halogens is 2. The average molecular weight is 486 g/mol. The second kappa shape index (κ2) is 10.5. The highest BCUT2D eigenvalue weighted by molar-refractivity contribution is 6.06. The predicted molar refractivity (Wildman–Crippen MR) is 140 cm³/mol. The van der Waals surface area contributed by atoms with Crippen LogP contribution in [0.1, 0.15) is 47.2 Å². The maximum absolute atomic E-state index is 14.8. The molecule has 0 aliphatic carbocycles. The summed E-state index contributed by atoms with van der Waals surface area (Å²) in [6, 6.07) is 16.2. The van der Waals surface area contributed by atoms with Crippen LogP contribution in [0.4, 0.5) is 14.5 Å². The van der Waals surface area contributed by atoms with Crippen LogP contribution < -0.4 is 5.32 Å². The first-order chi connectivity index (χ1) is 17.5. The topological polar surface area (TPSA) is 45.2 Å². The van der Waals surface area contributed by atoms with Crippen LogP contribution in [0.2, 0.25) is 0 Å². The van der Waals surface area contributed by atoms with E-state index < -0.39 is 11.7 Å². The number of nitrogens with one attached hydrogen (secondary N) is 1. The Labute approximate surface area is 210 Å². The third-order valence-corrected chi connectivity index (χ3v) is 6.83. The Bertz CT molecular complexity index is 1390. The molecule has 36 heavy (non-hydrogen) atoms. The Morgan fingerprint density at radius 3 is 2.36 bits per heavy atom. The monoisotopic (exact) mass is 485 g/mol. The zero-order chi connectivity index (χ0) is 25.1. The van der Waals surface area contributed by atoms with Crippen LogP contribution in [0.15, 0.2) is 66.9 Å². The molecule has 1 aromatic heterocycles. The Balaban J connectivity index is 1.32. The van der Waals surface area contributed by atoms with Crippen molar-refractivity contribution in [1.29, 1.82) is 0 Å². The smallest absolute Gasteiger partial charge is 0.258 e. The lowest BCUT2D eigenvalue weighted by molar-refractivity contribution is 0.102. The van der Waals surface area contributed by atoms with Crippen molar-refractivity contribution < 1.29 is 13.6 Å². The molecular formula is C30H29F2N3O. The molecule has 5 rings (SSSR count). The minimum Gasteiger partial charge on any atom is -0.322 e. The molecule has 0 bridgehead atoms. The zero-order valence-electron chi connectivity index (χ0n) is 20.4. The number of aryl methyl sites for hydroxylation is 1. The first-order valence-corrected chi connectivity index (χ1v) is 12.4. The molecule has 0 atom stereocenters. The number of rotatable bonds is 5. The number of nitrogens with zero attached hydrogens (tertiary/aromatic N) is 2. The first-order valence-electron chi connectivity index (χ1n) is 12.4. The van der Waals surface area contributed by atoms with Gasteiger partial charge in [0.2, 0.25) is 0 Å². The van der Waals surface area contributed by atoms with Gasteiger partial charge in [-0.25, -0.2) is 8.78 Å². The van der Waals surface area contributed by atoms with Crippen molar-refractivity contribution in [3.63, 3.8) is 0 Å². The number of amides is 1. The molecule has 1 aliphatic heterocycles. The fourth-order valence-corrected chi connectivity index (χ4v) is 4.82. The molecule has 6 heteroatoms. The maximum Gasteiger partial charge on any atom is 0.258 e. The van der Waals surface area contributed by atoms with Crippen LogP contribution in [0, 0.1) is 18.6 Å². The van der Waals surface area contributed by atoms with E-state index in [1.54, 1.807) is 18.2 Å². The molecule has 3 aromatic carbocycles. The molecular weight excluding hydrogens is 456 g/mol. The van der Waals surface area contributed by atoms with Crippen LogP contribution in [-0.2, 0) is 6.54 Å². The molecule has 1 N–H and O–H groups in total. The standard InChI is InChI=1S/C30H29F2N3O/c1-20-14-24-15-21(19-35-12-4-2-3-5-13-35)18-33-29(24)17-28(20)34-30(36)26-11-8-23(16-27(26)32)22-6-9-25(31)10-7-22/h6-11,14-18H,2-5,12-13,19H2,1H3,(H,34,36). The van der Waals surface area contributed by atoms with E-state index in [-0.39, 0.29) is 11.4 Å². The van der Waals surface area contributed by atoms with Gasteiger partial charge in [0.15, 0.2) is 0 Å². The number of anilines is 1. The molecule has 0 spiro atoms. The van der Waals surface area contributed by atoms with E-state index in [0.717, 1.165) is 36.1 Å². The molecule has 0 radical (unpaired) electrons. The van der Waals surface area contributed by atoms with E-state index >= 15 is 0 Å². The highest BCUT2D eigenvalue weighted by Gasteiger charge is 2.16. The number of likely N-dealkylation sites (tertiary alicyclic amines) is 1. The predicted octanol–water partition coefficient (Wildman–Crippen LogP) is 7.12. The van der Waals surface area contributed by atoms with Gasteiger partial charge >= 0.3 is 0 Å². The zero-order valence-corrected chi connectivity index (χ0v) is 20.4. The van der Waals surface area contributed by atoms with Crippen molar-refractivity contribution in [2.75, 3.05) is 18.4 Å². The molecule has 1 saturated heterocycles. The number of hydrogen-bond acceptors (Lipinski definition) is 3. The SMILES string of the molecule is Cc1cc2cc(CN3CCCCCC3)cnc2cc1NC(=O)c1ccc(-c2ccc(F)cc2)cc1F. The number of pyridine rings is 1. The van der Waals surface area contributed by atoms with Gasteiger partial charge in [-0.15, -0.1) is 0 Å². The van der Waals surface area contributed by atoms with E-state index in [4.69, 9.17) is 0 Å². The number of hydrogen-bond donors (Lipinski definition) is 1. The molecule has 1 fully saturated rings. The van der Waals surface area contributed by atoms with E-state index in [1.807, 2.05) is 25.3 Å². The molecule has 0 unspecified atom stereocenters. The summed E-state index contributed by atoms with van der Waals surface area (Å²) in [5.41, 5.74) is 4.64. The minimum absolute atomic E-state index is 0.0545. The summed E-state index contributed by atoms with van der Waals surface area (Å²) >= 11 is 0. The summed E-state index contributed by atoms with van der Waals surface area (Å²) in [6.45, 7) is 5.07.